The summed E-state index contributed by atoms with van der Waals surface area (Å²) in [5, 5.41) is 14.9. The number of benzene rings is 1. The first kappa shape index (κ1) is 12.4. The lowest BCUT2D eigenvalue weighted by Crippen LogP contribution is -2.43. The smallest absolute Gasteiger partial charge is 0.286 e. The summed E-state index contributed by atoms with van der Waals surface area (Å²) in [6, 6.07) is 6.98. The molecule has 1 aliphatic heterocycles. The lowest BCUT2D eigenvalue weighted by Gasteiger charge is -2.14. The number of amidine groups is 1. The lowest BCUT2D eigenvalue weighted by molar-refractivity contribution is -0.115. The zero-order valence-electron chi connectivity index (χ0n) is 10.1. The number of carbonyl (C=O) groups excluding carboxylic acids is 1. The van der Waals surface area contributed by atoms with Gasteiger partial charge in [0, 0.05) is 19.6 Å². The molecule has 0 aliphatic carbocycles. The number of aliphatic imine (C=N–C) groups is 1. The standard InChI is InChI=1S/C13H17N3O2/c17-11-4-2-10(3-5-11)6-9-16-13(18)12-14-7-1-8-15-12/h2-5,17H,1,6-9H2,(H,14,15)(H,16,18). The summed E-state index contributed by atoms with van der Waals surface area (Å²) in [5.41, 5.74) is 1.08. The second-order valence-electron chi connectivity index (χ2n) is 4.18. The Morgan fingerprint density at radius 1 is 1.39 bits per heavy atom. The van der Waals surface area contributed by atoms with Crippen molar-refractivity contribution in [2.24, 2.45) is 4.99 Å². The maximum atomic E-state index is 11.7. The highest BCUT2D eigenvalue weighted by Gasteiger charge is 2.12. The fourth-order valence-electron chi connectivity index (χ4n) is 1.75. The van der Waals surface area contributed by atoms with Crippen LogP contribution in [0.1, 0.15) is 12.0 Å². The van der Waals surface area contributed by atoms with Crippen LogP contribution in [0.25, 0.3) is 0 Å². The van der Waals surface area contributed by atoms with E-state index in [0.29, 0.717) is 18.9 Å². The number of phenols is 1. The second kappa shape index (κ2) is 6.05. The molecule has 0 spiro atoms. The first-order valence-electron chi connectivity index (χ1n) is 6.10. The van der Waals surface area contributed by atoms with E-state index in [-0.39, 0.29) is 11.7 Å². The number of hydrogen-bond acceptors (Lipinski definition) is 4. The highest BCUT2D eigenvalue weighted by Crippen LogP contribution is 2.09. The molecular formula is C13H17N3O2. The SMILES string of the molecule is O=C(NCCc1ccc(O)cc1)C1=NCCCN1. The van der Waals surface area contributed by atoms with Gasteiger partial charge in [-0.1, -0.05) is 12.1 Å². The normalized spacial score (nSPS) is 14.6. The zero-order chi connectivity index (χ0) is 12.8. The molecule has 0 atom stereocenters. The topological polar surface area (TPSA) is 73.7 Å². The van der Waals surface area contributed by atoms with Crippen molar-refractivity contribution in [3.63, 3.8) is 0 Å². The van der Waals surface area contributed by atoms with Crippen molar-refractivity contribution in [1.29, 1.82) is 0 Å². The Bertz CT molecular complexity index is 440. The molecule has 0 radical (unpaired) electrons. The Balaban J connectivity index is 1.76. The molecule has 0 bridgehead atoms. The fraction of sp³-hybridized carbons (Fsp3) is 0.385. The van der Waals surface area contributed by atoms with Gasteiger partial charge < -0.3 is 15.7 Å². The average Bonchev–Trinajstić information content (AvgIpc) is 2.42. The van der Waals surface area contributed by atoms with Crippen LogP contribution in [0.4, 0.5) is 0 Å². The van der Waals surface area contributed by atoms with Gasteiger partial charge in [-0.15, -0.1) is 0 Å². The Hall–Kier alpha value is -2.04. The van der Waals surface area contributed by atoms with Crippen molar-refractivity contribution in [3.8, 4) is 5.75 Å². The molecule has 0 fully saturated rings. The number of nitrogens with one attached hydrogen (secondary N) is 2. The third kappa shape index (κ3) is 3.48. The van der Waals surface area contributed by atoms with Crippen molar-refractivity contribution in [1.82, 2.24) is 10.6 Å². The van der Waals surface area contributed by atoms with E-state index in [4.69, 9.17) is 5.11 Å². The number of aromatic hydroxyl groups is 1. The maximum Gasteiger partial charge on any atom is 0.286 e. The summed E-state index contributed by atoms with van der Waals surface area (Å²) in [7, 11) is 0. The zero-order valence-corrected chi connectivity index (χ0v) is 10.1. The van der Waals surface area contributed by atoms with Gasteiger partial charge in [-0.3, -0.25) is 9.79 Å². The Kier molecular flexibility index (Phi) is 4.17. The summed E-state index contributed by atoms with van der Waals surface area (Å²) < 4.78 is 0. The molecule has 2 rings (SSSR count). The third-order valence-electron chi connectivity index (χ3n) is 2.75. The van der Waals surface area contributed by atoms with Crippen molar-refractivity contribution < 1.29 is 9.90 Å². The molecule has 3 N–H and O–H groups in total. The molecule has 1 aromatic carbocycles. The number of rotatable bonds is 4. The monoisotopic (exact) mass is 247 g/mol. The van der Waals surface area contributed by atoms with Gasteiger partial charge in [-0.2, -0.15) is 0 Å². The summed E-state index contributed by atoms with van der Waals surface area (Å²) in [6.45, 7) is 2.09. The van der Waals surface area contributed by atoms with Crippen LogP contribution in [0.3, 0.4) is 0 Å². The molecule has 1 amide bonds. The largest absolute Gasteiger partial charge is 0.508 e. The predicted molar refractivity (Wildman–Crippen MR) is 69.7 cm³/mol. The van der Waals surface area contributed by atoms with Crippen molar-refractivity contribution in [3.05, 3.63) is 29.8 Å². The molecule has 0 aromatic heterocycles. The molecule has 96 valence electrons. The van der Waals surface area contributed by atoms with Crippen LogP contribution < -0.4 is 10.6 Å². The molecule has 0 unspecified atom stereocenters. The lowest BCUT2D eigenvalue weighted by atomic mass is 10.1. The summed E-state index contributed by atoms with van der Waals surface area (Å²) in [4.78, 5) is 15.8. The minimum absolute atomic E-state index is 0.145. The Morgan fingerprint density at radius 2 is 2.17 bits per heavy atom. The Labute approximate surface area is 106 Å². The minimum atomic E-state index is -0.145. The van der Waals surface area contributed by atoms with Crippen molar-refractivity contribution >= 4 is 11.7 Å². The van der Waals surface area contributed by atoms with Gasteiger partial charge in [0.2, 0.25) is 0 Å². The highest BCUT2D eigenvalue weighted by atomic mass is 16.3. The average molecular weight is 247 g/mol. The van der Waals surface area contributed by atoms with E-state index < -0.39 is 0 Å². The van der Waals surface area contributed by atoms with Crippen LogP contribution in [0.2, 0.25) is 0 Å². The first-order chi connectivity index (χ1) is 8.75. The Morgan fingerprint density at radius 3 is 2.83 bits per heavy atom. The van der Waals surface area contributed by atoms with E-state index >= 15 is 0 Å². The molecular weight excluding hydrogens is 230 g/mol. The van der Waals surface area contributed by atoms with Crippen LogP contribution in [0.5, 0.6) is 5.75 Å². The highest BCUT2D eigenvalue weighted by molar-refractivity contribution is 6.37. The van der Waals surface area contributed by atoms with Crippen LogP contribution in [0, 0.1) is 0 Å². The van der Waals surface area contributed by atoms with E-state index in [1.54, 1.807) is 12.1 Å². The van der Waals surface area contributed by atoms with Crippen LogP contribution in [-0.2, 0) is 11.2 Å². The fourth-order valence-corrected chi connectivity index (χ4v) is 1.75. The van der Waals surface area contributed by atoms with Gasteiger partial charge in [0.25, 0.3) is 5.91 Å². The first-order valence-corrected chi connectivity index (χ1v) is 6.10. The van der Waals surface area contributed by atoms with Gasteiger partial charge in [0.15, 0.2) is 5.84 Å². The van der Waals surface area contributed by atoms with Crippen molar-refractivity contribution in [2.45, 2.75) is 12.8 Å². The number of hydrogen-bond donors (Lipinski definition) is 3. The second-order valence-corrected chi connectivity index (χ2v) is 4.18. The van der Waals surface area contributed by atoms with Crippen LogP contribution in [0.15, 0.2) is 29.3 Å². The maximum absolute atomic E-state index is 11.7. The number of nitrogens with zero attached hydrogens (tertiary/aromatic N) is 1. The summed E-state index contributed by atoms with van der Waals surface area (Å²) >= 11 is 0. The minimum Gasteiger partial charge on any atom is -0.508 e. The molecule has 5 heteroatoms. The van der Waals surface area contributed by atoms with Gasteiger partial charge in [-0.05, 0) is 30.5 Å². The van der Waals surface area contributed by atoms with Crippen LogP contribution >= 0.6 is 0 Å². The molecule has 1 heterocycles. The van der Waals surface area contributed by atoms with E-state index in [0.717, 1.165) is 24.9 Å². The van der Waals surface area contributed by atoms with Gasteiger partial charge in [0.05, 0.1) is 0 Å². The molecule has 5 nitrogen and oxygen atoms in total. The van der Waals surface area contributed by atoms with Gasteiger partial charge >= 0.3 is 0 Å². The van der Waals surface area contributed by atoms with E-state index in [2.05, 4.69) is 15.6 Å². The van der Waals surface area contributed by atoms with E-state index in [9.17, 15) is 4.79 Å². The van der Waals surface area contributed by atoms with Crippen LogP contribution in [-0.4, -0.2) is 36.5 Å². The molecule has 1 aliphatic rings. The van der Waals surface area contributed by atoms with E-state index in [1.807, 2.05) is 12.1 Å². The predicted octanol–water partition coefficient (Wildman–Crippen LogP) is 0.443. The van der Waals surface area contributed by atoms with Gasteiger partial charge in [0.1, 0.15) is 5.75 Å². The number of carbonyl (C=O) groups is 1. The quantitative estimate of drug-likeness (QED) is 0.723. The molecule has 18 heavy (non-hydrogen) atoms. The van der Waals surface area contributed by atoms with Crippen molar-refractivity contribution in [2.75, 3.05) is 19.6 Å². The summed E-state index contributed by atoms with van der Waals surface area (Å²) in [6.07, 6.45) is 1.71. The summed E-state index contributed by atoms with van der Waals surface area (Å²) in [5.74, 6) is 0.545. The number of amides is 1. The third-order valence-corrected chi connectivity index (χ3v) is 2.75. The molecule has 1 aromatic rings. The number of phenolic OH excluding ortho intramolecular Hbond substituents is 1. The van der Waals surface area contributed by atoms with Gasteiger partial charge in [-0.25, -0.2) is 0 Å². The molecule has 0 saturated carbocycles. The van der Waals surface area contributed by atoms with E-state index in [1.165, 1.54) is 0 Å². The molecule has 0 saturated heterocycles.